The van der Waals surface area contributed by atoms with Crippen molar-refractivity contribution in [3.05, 3.63) is 0 Å². The molecule has 2 saturated heterocycles. The number of hydrogen-bond acceptors (Lipinski definition) is 3. The van der Waals surface area contributed by atoms with Gasteiger partial charge in [0.05, 0.1) is 0 Å². The van der Waals surface area contributed by atoms with Crippen LogP contribution in [0.3, 0.4) is 0 Å². The first-order valence-electron chi connectivity index (χ1n) is 8.58. The fourth-order valence-electron chi connectivity index (χ4n) is 3.48. The summed E-state index contributed by atoms with van der Waals surface area (Å²) in [5.41, 5.74) is 0. The van der Waals surface area contributed by atoms with Crippen LogP contribution >= 0.6 is 0 Å². The first-order chi connectivity index (χ1) is 10.1. The quantitative estimate of drug-likeness (QED) is 0.813. The van der Waals surface area contributed by atoms with E-state index in [-0.39, 0.29) is 0 Å². The van der Waals surface area contributed by atoms with E-state index in [1.54, 1.807) is 8.61 Å². The van der Waals surface area contributed by atoms with Gasteiger partial charge < -0.3 is 5.32 Å². The molecule has 21 heavy (non-hydrogen) atoms. The van der Waals surface area contributed by atoms with E-state index in [4.69, 9.17) is 0 Å². The molecule has 124 valence electrons. The molecule has 0 aromatic rings. The second kappa shape index (κ2) is 7.90. The van der Waals surface area contributed by atoms with Gasteiger partial charge in [-0.1, -0.05) is 26.7 Å². The van der Waals surface area contributed by atoms with Gasteiger partial charge in [-0.15, -0.1) is 0 Å². The summed E-state index contributed by atoms with van der Waals surface area (Å²) in [6.07, 6.45) is 6.27. The SMILES string of the molecule is CCCNC1CCN(S(=O)(=O)N2CCCCC2)CC1CC. The fourth-order valence-corrected chi connectivity index (χ4v) is 5.24. The Hall–Kier alpha value is -0.170. The molecule has 0 bridgehead atoms. The van der Waals surface area contributed by atoms with E-state index < -0.39 is 10.2 Å². The van der Waals surface area contributed by atoms with Crippen LogP contribution in [0.5, 0.6) is 0 Å². The van der Waals surface area contributed by atoms with Gasteiger partial charge in [0, 0.05) is 32.2 Å². The van der Waals surface area contributed by atoms with Crippen molar-refractivity contribution in [2.24, 2.45) is 5.92 Å². The highest BCUT2D eigenvalue weighted by atomic mass is 32.2. The minimum absolute atomic E-state index is 0.435. The van der Waals surface area contributed by atoms with E-state index in [1.165, 1.54) is 0 Å². The van der Waals surface area contributed by atoms with Gasteiger partial charge in [-0.25, -0.2) is 0 Å². The summed E-state index contributed by atoms with van der Waals surface area (Å²) < 4.78 is 28.9. The van der Waals surface area contributed by atoms with Crippen molar-refractivity contribution in [2.45, 2.75) is 58.4 Å². The van der Waals surface area contributed by atoms with Crippen LogP contribution in [-0.4, -0.2) is 55.8 Å². The molecular formula is C15H31N3O2S. The molecule has 0 amide bonds. The maximum Gasteiger partial charge on any atom is 0.281 e. The van der Waals surface area contributed by atoms with Gasteiger partial charge >= 0.3 is 0 Å². The van der Waals surface area contributed by atoms with E-state index in [0.29, 0.717) is 38.1 Å². The van der Waals surface area contributed by atoms with Gasteiger partial charge in [0.15, 0.2) is 0 Å². The lowest BCUT2D eigenvalue weighted by Gasteiger charge is -2.40. The minimum atomic E-state index is -3.23. The average molecular weight is 317 g/mol. The topological polar surface area (TPSA) is 52.7 Å². The molecule has 0 saturated carbocycles. The maximum atomic E-state index is 12.8. The van der Waals surface area contributed by atoms with Gasteiger partial charge in [0.1, 0.15) is 0 Å². The molecule has 2 unspecified atom stereocenters. The third-order valence-electron chi connectivity index (χ3n) is 4.85. The molecule has 2 aliphatic heterocycles. The Bertz CT molecular complexity index is 407. The smallest absolute Gasteiger partial charge is 0.281 e. The molecule has 2 heterocycles. The van der Waals surface area contributed by atoms with E-state index in [0.717, 1.165) is 45.1 Å². The molecule has 2 aliphatic rings. The highest BCUT2D eigenvalue weighted by Crippen LogP contribution is 2.25. The number of piperidine rings is 2. The van der Waals surface area contributed by atoms with Crippen molar-refractivity contribution in [2.75, 3.05) is 32.7 Å². The Morgan fingerprint density at radius 2 is 1.76 bits per heavy atom. The van der Waals surface area contributed by atoms with Crippen LogP contribution in [0.4, 0.5) is 0 Å². The number of nitrogens with one attached hydrogen (secondary N) is 1. The first kappa shape index (κ1) is 17.2. The summed E-state index contributed by atoms with van der Waals surface area (Å²) in [5, 5.41) is 3.59. The summed E-state index contributed by atoms with van der Waals surface area (Å²) in [6, 6.07) is 0.475. The van der Waals surface area contributed by atoms with Crippen LogP contribution in [0.25, 0.3) is 0 Å². The molecular weight excluding hydrogens is 286 g/mol. The fraction of sp³-hybridized carbons (Fsp3) is 1.00. The summed E-state index contributed by atoms with van der Waals surface area (Å²) in [6.45, 7) is 8.11. The monoisotopic (exact) mass is 317 g/mol. The van der Waals surface area contributed by atoms with Crippen molar-refractivity contribution in [1.29, 1.82) is 0 Å². The molecule has 0 radical (unpaired) electrons. The molecule has 0 spiro atoms. The highest BCUT2D eigenvalue weighted by molar-refractivity contribution is 7.86. The zero-order chi connectivity index (χ0) is 15.3. The number of hydrogen-bond donors (Lipinski definition) is 1. The third-order valence-corrected chi connectivity index (χ3v) is 6.85. The van der Waals surface area contributed by atoms with E-state index in [1.807, 2.05) is 0 Å². The Morgan fingerprint density at radius 3 is 2.38 bits per heavy atom. The molecule has 0 aliphatic carbocycles. The van der Waals surface area contributed by atoms with Gasteiger partial charge in [0.2, 0.25) is 0 Å². The van der Waals surface area contributed by atoms with Crippen molar-refractivity contribution in [1.82, 2.24) is 13.9 Å². The summed E-state index contributed by atoms with van der Waals surface area (Å²) in [7, 11) is -3.23. The van der Waals surface area contributed by atoms with Crippen LogP contribution in [0, 0.1) is 5.92 Å². The summed E-state index contributed by atoms with van der Waals surface area (Å²) in [4.78, 5) is 0. The average Bonchev–Trinajstić information content (AvgIpc) is 2.53. The standard InChI is InChI=1S/C15H31N3O2S/c1-3-9-16-15-8-12-18(13-14(15)4-2)21(19,20)17-10-6-5-7-11-17/h14-16H,3-13H2,1-2H3. The molecule has 5 nitrogen and oxygen atoms in total. The predicted molar refractivity (Wildman–Crippen MR) is 86.4 cm³/mol. The maximum absolute atomic E-state index is 12.8. The lowest BCUT2D eigenvalue weighted by atomic mass is 9.91. The highest BCUT2D eigenvalue weighted by Gasteiger charge is 2.37. The van der Waals surface area contributed by atoms with Crippen LogP contribution in [0.1, 0.15) is 52.4 Å². The van der Waals surface area contributed by atoms with Crippen molar-refractivity contribution in [3.8, 4) is 0 Å². The van der Waals surface area contributed by atoms with Gasteiger partial charge in [-0.2, -0.15) is 17.0 Å². The predicted octanol–water partition coefficient (Wildman–Crippen LogP) is 1.82. The molecule has 0 aromatic heterocycles. The molecule has 2 rings (SSSR count). The lowest BCUT2D eigenvalue weighted by molar-refractivity contribution is 0.189. The Balaban J connectivity index is 1.98. The minimum Gasteiger partial charge on any atom is -0.314 e. The summed E-state index contributed by atoms with van der Waals surface area (Å²) in [5.74, 6) is 0.435. The molecule has 0 aromatic carbocycles. The van der Waals surface area contributed by atoms with Crippen LogP contribution in [0.15, 0.2) is 0 Å². The number of rotatable bonds is 6. The van der Waals surface area contributed by atoms with Crippen LogP contribution in [0.2, 0.25) is 0 Å². The second-order valence-corrected chi connectivity index (χ2v) is 8.27. The van der Waals surface area contributed by atoms with Crippen molar-refractivity contribution >= 4 is 10.2 Å². The van der Waals surface area contributed by atoms with Gasteiger partial charge in [-0.3, -0.25) is 0 Å². The van der Waals surface area contributed by atoms with E-state index >= 15 is 0 Å². The van der Waals surface area contributed by atoms with Crippen LogP contribution < -0.4 is 5.32 Å². The Morgan fingerprint density at radius 1 is 1.05 bits per heavy atom. The normalized spacial score (nSPS) is 29.6. The zero-order valence-corrected chi connectivity index (χ0v) is 14.4. The van der Waals surface area contributed by atoms with Crippen molar-refractivity contribution in [3.63, 3.8) is 0 Å². The summed E-state index contributed by atoms with van der Waals surface area (Å²) >= 11 is 0. The Kier molecular flexibility index (Phi) is 6.47. The first-order valence-corrected chi connectivity index (χ1v) is 9.97. The number of nitrogens with zero attached hydrogens (tertiary/aromatic N) is 2. The van der Waals surface area contributed by atoms with Crippen LogP contribution in [-0.2, 0) is 10.2 Å². The second-order valence-electron chi connectivity index (χ2n) is 6.34. The van der Waals surface area contributed by atoms with Crippen molar-refractivity contribution < 1.29 is 8.42 Å². The zero-order valence-electron chi connectivity index (χ0n) is 13.6. The lowest BCUT2D eigenvalue weighted by Crippen LogP contribution is -2.54. The van der Waals surface area contributed by atoms with E-state index in [2.05, 4.69) is 19.2 Å². The molecule has 2 atom stereocenters. The third kappa shape index (κ3) is 4.18. The van der Waals surface area contributed by atoms with Gasteiger partial charge in [0.25, 0.3) is 10.2 Å². The molecule has 6 heteroatoms. The largest absolute Gasteiger partial charge is 0.314 e. The van der Waals surface area contributed by atoms with Gasteiger partial charge in [-0.05, 0) is 38.1 Å². The van der Waals surface area contributed by atoms with E-state index in [9.17, 15) is 8.42 Å². The molecule has 1 N–H and O–H groups in total. The Labute approximate surface area is 130 Å². The molecule has 2 fully saturated rings.